The van der Waals surface area contributed by atoms with Crippen LogP contribution in [0.5, 0.6) is 0 Å². The molecule has 0 saturated carbocycles. The molecule has 0 atom stereocenters. The average Bonchev–Trinajstić information content (AvgIpc) is 2.82. The summed E-state index contributed by atoms with van der Waals surface area (Å²) in [4.78, 5) is 21.0. The topological polar surface area (TPSA) is 79.4 Å². The van der Waals surface area contributed by atoms with Crippen molar-refractivity contribution in [3.63, 3.8) is 0 Å². The van der Waals surface area contributed by atoms with Gasteiger partial charge < -0.3 is 4.90 Å². The summed E-state index contributed by atoms with van der Waals surface area (Å²) in [6, 6.07) is 1.95. The minimum Gasteiger partial charge on any atom is -0.338 e. The van der Waals surface area contributed by atoms with Crippen LogP contribution >= 0.6 is 11.3 Å². The van der Waals surface area contributed by atoms with E-state index in [1.807, 2.05) is 31.7 Å². The van der Waals surface area contributed by atoms with Gasteiger partial charge in [0.25, 0.3) is 5.91 Å². The van der Waals surface area contributed by atoms with Crippen LogP contribution in [0.2, 0.25) is 0 Å². The number of carbonyl (C=O) groups is 1. The standard InChI is InChI=1S/C17H23N3O3S2/c1-10-9-11(2)18-16-14(10)12(3)15(24-16)17(21)20-7-5-13(6-8-20)19-25(4,22)23/h9,13,19H,5-8H2,1-4H3. The zero-order chi connectivity index (χ0) is 18.4. The zero-order valence-corrected chi connectivity index (χ0v) is 16.6. The number of pyridine rings is 1. The van der Waals surface area contributed by atoms with Crippen molar-refractivity contribution in [3.05, 3.63) is 27.8 Å². The molecule has 1 saturated heterocycles. The van der Waals surface area contributed by atoms with E-state index in [2.05, 4.69) is 9.71 Å². The quantitative estimate of drug-likeness (QED) is 0.885. The molecule has 1 N–H and O–H groups in total. The zero-order valence-electron chi connectivity index (χ0n) is 14.9. The summed E-state index contributed by atoms with van der Waals surface area (Å²) < 4.78 is 25.3. The van der Waals surface area contributed by atoms with Gasteiger partial charge in [-0.1, -0.05) is 0 Å². The van der Waals surface area contributed by atoms with Crippen LogP contribution in [0.4, 0.5) is 0 Å². The molecule has 8 heteroatoms. The third-order valence-electron chi connectivity index (χ3n) is 4.58. The first-order chi connectivity index (χ1) is 11.7. The molecule has 0 spiro atoms. The first-order valence-electron chi connectivity index (χ1n) is 8.29. The van der Waals surface area contributed by atoms with Crippen LogP contribution in [0.1, 0.15) is 39.3 Å². The molecule has 3 rings (SSSR count). The molecule has 1 aliphatic heterocycles. The van der Waals surface area contributed by atoms with Gasteiger partial charge in [0.2, 0.25) is 10.0 Å². The molecule has 0 aromatic carbocycles. The number of hydrogen-bond acceptors (Lipinski definition) is 5. The van der Waals surface area contributed by atoms with Crippen molar-refractivity contribution in [1.29, 1.82) is 0 Å². The largest absolute Gasteiger partial charge is 0.338 e. The van der Waals surface area contributed by atoms with Crippen LogP contribution in [-0.2, 0) is 10.0 Å². The van der Waals surface area contributed by atoms with Crippen molar-refractivity contribution in [2.75, 3.05) is 19.3 Å². The van der Waals surface area contributed by atoms with Crippen molar-refractivity contribution in [2.45, 2.75) is 39.7 Å². The summed E-state index contributed by atoms with van der Waals surface area (Å²) in [6.45, 7) is 7.11. The smallest absolute Gasteiger partial charge is 0.264 e. The highest BCUT2D eigenvalue weighted by Gasteiger charge is 2.28. The molecule has 2 aromatic rings. The fourth-order valence-electron chi connectivity index (χ4n) is 3.47. The molecule has 6 nitrogen and oxygen atoms in total. The van der Waals surface area contributed by atoms with Crippen LogP contribution in [0.25, 0.3) is 10.2 Å². The first kappa shape index (κ1) is 18.3. The van der Waals surface area contributed by atoms with Gasteiger partial charge in [-0.2, -0.15) is 0 Å². The maximum absolute atomic E-state index is 12.9. The molecule has 0 radical (unpaired) electrons. The second kappa shape index (κ2) is 6.66. The fourth-order valence-corrected chi connectivity index (χ4v) is 5.58. The number of nitrogens with one attached hydrogen (secondary N) is 1. The van der Waals surface area contributed by atoms with Crippen LogP contribution in [0.3, 0.4) is 0 Å². The number of amides is 1. The van der Waals surface area contributed by atoms with Crippen LogP contribution in [0.15, 0.2) is 6.07 Å². The van der Waals surface area contributed by atoms with Gasteiger partial charge in [-0.25, -0.2) is 18.1 Å². The molecule has 2 aromatic heterocycles. The number of rotatable bonds is 3. The number of aryl methyl sites for hydroxylation is 3. The van der Waals surface area contributed by atoms with E-state index >= 15 is 0 Å². The molecule has 0 aliphatic carbocycles. The minimum atomic E-state index is -3.21. The summed E-state index contributed by atoms with van der Waals surface area (Å²) in [6.07, 6.45) is 2.45. The Morgan fingerprint density at radius 1 is 1.28 bits per heavy atom. The second-order valence-corrected chi connectivity index (χ2v) is 9.55. The van der Waals surface area contributed by atoms with Crippen LogP contribution < -0.4 is 4.72 Å². The second-order valence-electron chi connectivity index (χ2n) is 6.77. The highest BCUT2D eigenvalue weighted by Crippen LogP contribution is 2.33. The Labute approximate surface area is 152 Å². The Morgan fingerprint density at radius 3 is 2.52 bits per heavy atom. The fraction of sp³-hybridized carbons (Fsp3) is 0.529. The number of fused-ring (bicyclic) bond motifs is 1. The number of carbonyl (C=O) groups excluding carboxylic acids is 1. The summed E-state index contributed by atoms with van der Waals surface area (Å²) in [5.41, 5.74) is 3.09. The van der Waals surface area contributed by atoms with Crippen molar-refractivity contribution < 1.29 is 13.2 Å². The number of nitrogens with zero attached hydrogens (tertiary/aromatic N) is 2. The van der Waals surface area contributed by atoms with E-state index < -0.39 is 10.0 Å². The Kier molecular flexibility index (Phi) is 4.87. The van der Waals surface area contributed by atoms with Crippen molar-refractivity contribution >= 4 is 37.5 Å². The Balaban J connectivity index is 1.80. The Hall–Kier alpha value is -1.51. The molecule has 136 valence electrons. The lowest BCUT2D eigenvalue weighted by Gasteiger charge is -2.31. The van der Waals surface area contributed by atoms with Gasteiger partial charge in [0.15, 0.2) is 0 Å². The van der Waals surface area contributed by atoms with Crippen molar-refractivity contribution in [3.8, 4) is 0 Å². The summed E-state index contributed by atoms with van der Waals surface area (Å²) in [5.74, 6) is 0.0235. The Bertz CT molecular complexity index is 926. The molecule has 0 unspecified atom stereocenters. The molecule has 1 fully saturated rings. The average molecular weight is 382 g/mol. The van der Waals surface area contributed by atoms with Crippen molar-refractivity contribution in [1.82, 2.24) is 14.6 Å². The number of hydrogen-bond donors (Lipinski definition) is 1. The first-order valence-corrected chi connectivity index (χ1v) is 11.0. The monoisotopic (exact) mass is 381 g/mol. The van der Waals surface area contributed by atoms with Crippen LogP contribution in [0, 0.1) is 20.8 Å². The highest BCUT2D eigenvalue weighted by atomic mass is 32.2. The Morgan fingerprint density at radius 2 is 1.92 bits per heavy atom. The summed E-state index contributed by atoms with van der Waals surface area (Å²) in [7, 11) is -3.21. The molecule has 25 heavy (non-hydrogen) atoms. The normalized spacial score (nSPS) is 16.6. The molecule has 1 aliphatic rings. The SMILES string of the molecule is Cc1cc(C)c2c(C)c(C(=O)N3CCC(NS(C)(=O)=O)CC3)sc2n1. The summed E-state index contributed by atoms with van der Waals surface area (Å²) in [5, 5.41) is 1.08. The van der Waals surface area contributed by atoms with Gasteiger partial charge in [-0.15, -0.1) is 11.3 Å². The molecular formula is C17H23N3O3S2. The molecule has 3 heterocycles. The number of aromatic nitrogens is 1. The number of piperidine rings is 1. The van der Waals surface area contributed by atoms with Gasteiger partial charge in [0.1, 0.15) is 4.83 Å². The van der Waals surface area contributed by atoms with E-state index in [1.165, 1.54) is 17.6 Å². The van der Waals surface area contributed by atoms with E-state index in [0.29, 0.717) is 25.9 Å². The third kappa shape index (κ3) is 3.86. The predicted octanol–water partition coefficient (Wildman–Crippen LogP) is 2.38. The molecular weight excluding hydrogens is 358 g/mol. The maximum atomic E-state index is 12.9. The van der Waals surface area contributed by atoms with Gasteiger partial charge >= 0.3 is 0 Å². The van der Waals surface area contributed by atoms with E-state index in [0.717, 1.165) is 31.9 Å². The molecule has 1 amide bonds. The number of likely N-dealkylation sites (tertiary alicyclic amines) is 1. The van der Waals surface area contributed by atoms with E-state index in [9.17, 15) is 13.2 Å². The number of sulfonamides is 1. The molecule has 0 bridgehead atoms. The summed E-state index contributed by atoms with van der Waals surface area (Å²) >= 11 is 1.45. The lowest BCUT2D eigenvalue weighted by Crippen LogP contribution is -2.46. The van der Waals surface area contributed by atoms with Gasteiger partial charge in [-0.05, 0) is 50.8 Å². The predicted molar refractivity (Wildman–Crippen MR) is 101 cm³/mol. The number of thiophene rings is 1. The minimum absolute atomic E-state index is 0.0235. The van der Waals surface area contributed by atoms with Gasteiger partial charge in [0.05, 0.1) is 11.1 Å². The van der Waals surface area contributed by atoms with Gasteiger partial charge in [-0.3, -0.25) is 4.79 Å². The van der Waals surface area contributed by atoms with Gasteiger partial charge in [0, 0.05) is 30.2 Å². The van der Waals surface area contributed by atoms with Crippen molar-refractivity contribution in [2.24, 2.45) is 0 Å². The lowest BCUT2D eigenvalue weighted by atomic mass is 10.0. The van der Waals surface area contributed by atoms with Crippen LogP contribution in [-0.4, -0.2) is 49.6 Å². The van der Waals surface area contributed by atoms with E-state index in [-0.39, 0.29) is 11.9 Å². The highest BCUT2D eigenvalue weighted by molar-refractivity contribution is 7.88. The lowest BCUT2D eigenvalue weighted by molar-refractivity contribution is 0.0716. The third-order valence-corrected chi connectivity index (χ3v) is 6.52. The van der Waals surface area contributed by atoms with E-state index in [4.69, 9.17) is 0 Å². The van der Waals surface area contributed by atoms with E-state index in [1.54, 1.807) is 0 Å². The maximum Gasteiger partial charge on any atom is 0.264 e.